The maximum atomic E-state index is 4.37. The molecule has 27 heavy (non-hydrogen) atoms. The zero-order valence-corrected chi connectivity index (χ0v) is 18.2. The first-order valence-electron chi connectivity index (χ1n) is 9.83. The monoisotopic (exact) mass is 549 g/mol. The van der Waals surface area contributed by atoms with E-state index in [4.69, 9.17) is 0 Å². The van der Waals surface area contributed by atoms with Crippen molar-refractivity contribution < 1.29 is 21.1 Å². The Morgan fingerprint density at radius 1 is 0.630 bits per heavy atom. The molecular formula is C20H30N6Pt. The van der Waals surface area contributed by atoms with Crippen molar-refractivity contribution in [1.82, 2.24) is 20.4 Å². The molecule has 2 aromatic heterocycles. The topological polar surface area (TPSA) is 78.7 Å². The van der Waals surface area contributed by atoms with E-state index in [1.165, 1.54) is 64.2 Å². The third kappa shape index (κ3) is 12.5. The number of nitrogens with zero attached hydrogens (tertiary/aromatic N) is 6. The van der Waals surface area contributed by atoms with Gasteiger partial charge in [0.2, 0.25) is 0 Å². The Morgan fingerprint density at radius 3 is 1.33 bits per heavy atom. The molecule has 0 unspecified atom stereocenters. The molecule has 0 saturated carbocycles. The molecule has 0 fully saturated rings. The summed E-state index contributed by atoms with van der Waals surface area (Å²) < 4.78 is 0. The van der Waals surface area contributed by atoms with E-state index in [0.717, 1.165) is 24.5 Å². The second kappa shape index (κ2) is 16.6. The molecule has 0 spiro atoms. The van der Waals surface area contributed by atoms with Gasteiger partial charge >= 0.3 is 21.1 Å². The molecule has 0 aliphatic carbocycles. The Morgan fingerprint density at radius 2 is 1.00 bits per heavy atom. The quantitative estimate of drug-likeness (QED) is 0.250. The van der Waals surface area contributed by atoms with Crippen LogP contribution >= 0.6 is 0 Å². The van der Waals surface area contributed by atoms with Crippen LogP contribution in [0.2, 0.25) is 0 Å². The van der Waals surface area contributed by atoms with Crippen LogP contribution in [0, 0.1) is 0 Å². The van der Waals surface area contributed by atoms with Crippen LogP contribution in [0.3, 0.4) is 0 Å². The van der Waals surface area contributed by atoms with Crippen molar-refractivity contribution in [1.29, 1.82) is 0 Å². The van der Waals surface area contributed by atoms with E-state index in [0.29, 0.717) is 0 Å². The zero-order valence-electron chi connectivity index (χ0n) is 15.9. The third-order valence-electron chi connectivity index (χ3n) is 4.24. The van der Waals surface area contributed by atoms with Crippen LogP contribution in [0.1, 0.15) is 75.6 Å². The van der Waals surface area contributed by atoms with Crippen molar-refractivity contribution >= 4 is 12.4 Å². The summed E-state index contributed by atoms with van der Waals surface area (Å²) in [7, 11) is 0. The van der Waals surface area contributed by atoms with Gasteiger partial charge in [-0.25, -0.2) is 0 Å². The Bertz CT molecular complexity index is 538. The van der Waals surface area contributed by atoms with Gasteiger partial charge in [0.1, 0.15) is 0 Å². The van der Waals surface area contributed by atoms with Gasteiger partial charge in [-0.3, -0.25) is 9.98 Å². The summed E-state index contributed by atoms with van der Waals surface area (Å²) >= 11 is 0. The molecule has 2 rings (SSSR count). The first kappa shape index (κ1) is 23.5. The molecule has 0 aliphatic heterocycles. The van der Waals surface area contributed by atoms with Crippen LogP contribution in [0.4, 0.5) is 0 Å². The summed E-state index contributed by atoms with van der Waals surface area (Å²) in [4.78, 5) is 8.75. The molecular weight excluding hydrogens is 519 g/mol. The van der Waals surface area contributed by atoms with Gasteiger partial charge in [-0.2, -0.15) is 0 Å². The minimum Gasteiger partial charge on any atom is -0.574 e. The molecule has 0 saturated heterocycles. The Balaban J connectivity index is 0.00000364. The minimum absolute atomic E-state index is 0. The maximum Gasteiger partial charge on any atom is 2.00 e. The van der Waals surface area contributed by atoms with Gasteiger partial charge < -0.3 is 20.4 Å². The van der Waals surface area contributed by atoms with E-state index < -0.39 is 0 Å². The summed E-state index contributed by atoms with van der Waals surface area (Å²) in [5.41, 5.74) is 1.71. The van der Waals surface area contributed by atoms with E-state index in [1.807, 2.05) is 24.6 Å². The molecule has 0 N–H and O–H groups in total. The minimum atomic E-state index is 0. The van der Waals surface area contributed by atoms with Crippen LogP contribution < -0.4 is 10.2 Å². The predicted molar refractivity (Wildman–Crippen MR) is 106 cm³/mol. The number of aliphatic imine (C=N–C) groups is 2. The predicted octanol–water partition coefficient (Wildman–Crippen LogP) is 3.83. The van der Waals surface area contributed by atoms with Gasteiger partial charge in [0.25, 0.3) is 0 Å². The summed E-state index contributed by atoms with van der Waals surface area (Å²) in [5.74, 6) is 0. The van der Waals surface area contributed by atoms with E-state index in [-0.39, 0.29) is 21.1 Å². The standard InChI is InChI=1S/C20H30N6.Pt/c1(3-5-7-9-13-21-17-19-11-15-23-25-19)2-4-6-8-10-14-22-18-20-12-16-24-26-20;/h11-12,15-18H,1-10,13-14H2;/q-2;+2. The van der Waals surface area contributed by atoms with Gasteiger partial charge in [-0.05, 0) is 12.8 Å². The molecule has 2 aromatic rings. The fourth-order valence-corrected chi connectivity index (χ4v) is 2.76. The van der Waals surface area contributed by atoms with Crippen molar-refractivity contribution in [3.05, 3.63) is 35.9 Å². The first-order chi connectivity index (χ1) is 12.9. The van der Waals surface area contributed by atoms with Gasteiger partial charge in [-0.15, -0.1) is 11.4 Å². The summed E-state index contributed by atoms with van der Waals surface area (Å²) in [6.45, 7) is 1.79. The molecule has 7 heteroatoms. The third-order valence-corrected chi connectivity index (χ3v) is 4.24. The van der Waals surface area contributed by atoms with Crippen LogP contribution in [0.25, 0.3) is 0 Å². The van der Waals surface area contributed by atoms with E-state index in [1.54, 1.807) is 12.4 Å². The van der Waals surface area contributed by atoms with Gasteiger partial charge in [-0.1, -0.05) is 63.5 Å². The Kier molecular flexibility index (Phi) is 14.4. The second-order valence-electron chi connectivity index (χ2n) is 6.52. The number of rotatable bonds is 15. The first-order valence-corrected chi connectivity index (χ1v) is 9.83. The summed E-state index contributed by atoms with van der Waals surface area (Å²) in [6, 6.07) is 3.74. The van der Waals surface area contributed by atoms with E-state index in [2.05, 4.69) is 30.4 Å². The molecule has 6 nitrogen and oxygen atoms in total. The van der Waals surface area contributed by atoms with E-state index >= 15 is 0 Å². The molecule has 0 atom stereocenters. The van der Waals surface area contributed by atoms with Crippen molar-refractivity contribution in [2.75, 3.05) is 13.1 Å². The van der Waals surface area contributed by atoms with Gasteiger partial charge in [0, 0.05) is 37.9 Å². The molecule has 150 valence electrons. The summed E-state index contributed by atoms with van der Waals surface area (Å²) in [5, 5.41) is 15.4. The fourth-order valence-electron chi connectivity index (χ4n) is 2.76. The zero-order chi connectivity index (χ0) is 18.1. The van der Waals surface area contributed by atoms with Crippen molar-refractivity contribution in [3.8, 4) is 0 Å². The smallest absolute Gasteiger partial charge is 0.574 e. The number of aromatic nitrogens is 4. The Labute approximate surface area is 177 Å². The molecule has 2 heterocycles. The van der Waals surface area contributed by atoms with Crippen molar-refractivity contribution in [3.63, 3.8) is 0 Å². The van der Waals surface area contributed by atoms with E-state index in [9.17, 15) is 0 Å². The van der Waals surface area contributed by atoms with Gasteiger partial charge in [0.05, 0.1) is 0 Å². The van der Waals surface area contributed by atoms with Gasteiger partial charge in [0.15, 0.2) is 0 Å². The molecule has 0 amide bonds. The SMILES string of the molecule is C(=NCCCCCCCCCCCCN=Cc1ccn[n-]1)c1ccn[n-]1.[Pt+2]. The molecule has 0 radical (unpaired) electrons. The van der Waals surface area contributed by atoms with Crippen LogP contribution in [0.15, 0.2) is 34.5 Å². The fraction of sp³-hybridized carbons (Fsp3) is 0.600. The summed E-state index contributed by atoms with van der Waals surface area (Å²) in [6.07, 6.45) is 20.0. The molecule has 0 aliphatic rings. The molecule has 0 aromatic carbocycles. The average molecular weight is 550 g/mol. The number of hydrogen-bond acceptors (Lipinski definition) is 4. The second-order valence-corrected chi connectivity index (χ2v) is 6.52. The van der Waals surface area contributed by atoms with Crippen LogP contribution in [0.5, 0.6) is 0 Å². The largest absolute Gasteiger partial charge is 2.00 e. The average Bonchev–Trinajstić information content (AvgIpc) is 3.35. The maximum absolute atomic E-state index is 4.37. The van der Waals surface area contributed by atoms with Crippen molar-refractivity contribution in [2.45, 2.75) is 64.2 Å². The van der Waals surface area contributed by atoms with Crippen molar-refractivity contribution in [2.24, 2.45) is 9.98 Å². The molecule has 0 bridgehead atoms. The normalized spacial score (nSPS) is 11.4. The van der Waals surface area contributed by atoms with Crippen LogP contribution in [-0.2, 0) is 21.1 Å². The number of unbranched alkanes of at least 4 members (excludes halogenated alkanes) is 9. The Hall–Kier alpha value is -1.55. The van der Waals surface area contributed by atoms with Crippen LogP contribution in [-0.4, -0.2) is 35.7 Å². The number of hydrogen-bond donors (Lipinski definition) is 0.